The molecule has 1 saturated carbocycles. The van der Waals surface area contributed by atoms with Crippen LogP contribution in [0.2, 0.25) is 0 Å². The van der Waals surface area contributed by atoms with Crippen molar-refractivity contribution >= 4 is 11.7 Å². The number of nitrogens with two attached hydrogens (primary N) is 1. The molecule has 0 radical (unpaired) electrons. The number of esters is 1. The van der Waals surface area contributed by atoms with Gasteiger partial charge in [-0.2, -0.15) is 0 Å². The lowest BCUT2D eigenvalue weighted by atomic mass is 10.2. The van der Waals surface area contributed by atoms with Crippen molar-refractivity contribution in [1.29, 1.82) is 0 Å². The highest BCUT2D eigenvalue weighted by Gasteiger charge is 2.20. The van der Waals surface area contributed by atoms with Crippen molar-refractivity contribution in [3.8, 4) is 11.5 Å². The fraction of sp³-hybridized carbons (Fsp3) is 0.409. The molecular formula is C22H27NO4. The third-order valence-corrected chi connectivity index (χ3v) is 4.66. The van der Waals surface area contributed by atoms with Gasteiger partial charge in [0, 0.05) is 6.42 Å². The van der Waals surface area contributed by atoms with Gasteiger partial charge in [-0.25, -0.2) is 4.79 Å². The highest BCUT2D eigenvalue weighted by atomic mass is 16.5. The van der Waals surface area contributed by atoms with Gasteiger partial charge in [-0.05, 0) is 62.9 Å². The Bertz CT molecular complexity index is 751. The minimum Gasteiger partial charge on any atom is -0.493 e. The van der Waals surface area contributed by atoms with Gasteiger partial charge >= 0.3 is 5.97 Å². The lowest BCUT2D eigenvalue weighted by molar-refractivity contribution is 0.0317. The first-order valence-electron chi connectivity index (χ1n) is 9.54. The number of hydrogen-bond donors (Lipinski definition) is 1. The Morgan fingerprint density at radius 1 is 1.04 bits per heavy atom. The third kappa shape index (κ3) is 5.64. The predicted molar refractivity (Wildman–Crippen MR) is 105 cm³/mol. The molecule has 0 bridgehead atoms. The molecule has 0 unspecified atom stereocenters. The van der Waals surface area contributed by atoms with E-state index in [0.29, 0.717) is 36.6 Å². The van der Waals surface area contributed by atoms with Crippen LogP contribution >= 0.6 is 0 Å². The zero-order chi connectivity index (χ0) is 19.1. The summed E-state index contributed by atoms with van der Waals surface area (Å²) in [6, 6.07) is 13.0. The fourth-order valence-corrected chi connectivity index (χ4v) is 3.08. The highest BCUT2D eigenvalue weighted by Crippen LogP contribution is 2.26. The van der Waals surface area contributed by atoms with E-state index < -0.39 is 0 Å². The van der Waals surface area contributed by atoms with Crippen LogP contribution in [0.1, 0.15) is 48.0 Å². The summed E-state index contributed by atoms with van der Waals surface area (Å²) in [7, 11) is 0. The van der Waals surface area contributed by atoms with E-state index in [9.17, 15) is 4.79 Å². The highest BCUT2D eigenvalue weighted by molar-refractivity contribution is 5.90. The second kappa shape index (κ2) is 9.31. The van der Waals surface area contributed by atoms with Gasteiger partial charge in [0.15, 0.2) is 0 Å². The second-order valence-corrected chi connectivity index (χ2v) is 6.93. The maximum absolute atomic E-state index is 12.3. The quantitative estimate of drug-likeness (QED) is 0.421. The molecule has 0 spiro atoms. The van der Waals surface area contributed by atoms with E-state index >= 15 is 0 Å². The summed E-state index contributed by atoms with van der Waals surface area (Å²) in [6.07, 6.45) is 4.90. The van der Waals surface area contributed by atoms with Crippen molar-refractivity contribution in [1.82, 2.24) is 0 Å². The summed E-state index contributed by atoms with van der Waals surface area (Å²) >= 11 is 0. The van der Waals surface area contributed by atoms with Crippen LogP contribution in [0, 0.1) is 6.92 Å². The molecule has 2 N–H and O–H groups in total. The fourth-order valence-electron chi connectivity index (χ4n) is 3.08. The van der Waals surface area contributed by atoms with Gasteiger partial charge in [0.05, 0.1) is 24.5 Å². The molecule has 0 heterocycles. The summed E-state index contributed by atoms with van der Waals surface area (Å²) in [5.41, 5.74) is 8.15. The van der Waals surface area contributed by atoms with Crippen molar-refractivity contribution < 1.29 is 19.0 Å². The van der Waals surface area contributed by atoms with Crippen molar-refractivity contribution in [2.45, 2.75) is 45.1 Å². The van der Waals surface area contributed by atoms with E-state index in [2.05, 4.69) is 0 Å². The van der Waals surface area contributed by atoms with Crippen LogP contribution in [0.4, 0.5) is 5.69 Å². The van der Waals surface area contributed by atoms with Crippen molar-refractivity contribution in [3.63, 3.8) is 0 Å². The van der Waals surface area contributed by atoms with Gasteiger partial charge in [-0.1, -0.05) is 17.7 Å². The molecule has 27 heavy (non-hydrogen) atoms. The topological polar surface area (TPSA) is 70.8 Å². The third-order valence-electron chi connectivity index (χ3n) is 4.66. The summed E-state index contributed by atoms with van der Waals surface area (Å²) in [5.74, 6) is 1.04. The van der Waals surface area contributed by atoms with Crippen LogP contribution in [0.25, 0.3) is 0 Å². The van der Waals surface area contributed by atoms with Crippen LogP contribution in [-0.2, 0) is 4.74 Å². The molecular weight excluding hydrogens is 342 g/mol. The van der Waals surface area contributed by atoms with Crippen LogP contribution in [0.15, 0.2) is 42.5 Å². The molecule has 1 aliphatic rings. The molecule has 2 aromatic rings. The van der Waals surface area contributed by atoms with Crippen LogP contribution in [-0.4, -0.2) is 25.3 Å². The Balaban J connectivity index is 1.46. The number of hydrogen-bond acceptors (Lipinski definition) is 5. The SMILES string of the molecule is Cc1ccc(OCCCOc2cc(C(=O)OC3CCCC3)ccc2N)cc1. The lowest BCUT2D eigenvalue weighted by Crippen LogP contribution is -2.15. The standard InChI is InChI=1S/C22H27NO4/c1-16-7-10-18(11-8-16)25-13-4-14-26-21-15-17(9-12-20(21)23)22(24)27-19-5-2-3-6-19/h7-12,15,19H,2-6,13-14,23H2,1H3. The van der Waals surface area contributed by atoms with E-state index in [-0.39, 0.29) is 12.1 Å². The van der Waals surface area contributed by atoms with Crippen molar-refractivity contribution in [3.05, 3.63) is 53.6 Å². The number of rotatable bonds is 8. The lowest BCUT2D eigenvalue weighted by Gasteiger charge is -2.13. The van der Waals surface area contributed by atoms with E-state index in [0.717, 1.165) is 31.4 Å². The Kier molecular flexibility index (Phi) is 6.58. The number of carbonyl (C=O) groups excluding carboxylic acids is 1. The van der Waals surface area contributed by atoms with Gasteiger partial charge in [-0.15, -0.1) is 0 Å². The number of ether oxygens (including phenoxy) is 3. The molecule has 144 valence electrons. The molecule has 0 amide bonds. The summed E-state index contributed by atoms with van der Waals surface area (Å²) < 4.78 is 17.0. The normalized spacial score (nSPS) is 14.1. The van der Waals surface area contributed by atoms with Gasteiger partial charge in [0.1, 0.15) is 17.6 Å². The Hall–Kier alpha value is -2.69. The molecule has 5 nitrogen and oxygen atoms in total. The Morgan fingerprint density at radius 2 is 1.74 bits per heavy atom. The number of aryl methyl sites for hydroxylation is 1. The van der Waals surface area contributed by atoms with Gasteiger partial charge in [0.25, 0.3) is 0 Å². The van der Waals surface area contributed by atoms with Crippen molar-refractivity contribution in [2.24, 2.45) is 0 Å². The summed E-state index contributed by atoms with van der Waals surface area (Å²) in [4.78, 5) is 12.3. The van der Waals surface area contributed by atoms with Gasteiger partial charge in [-0.3, -0.25) is 0 Å². The van der Waals surface area contributed by atoms with Crippen LogP contribution in [0.3, 0.4) is 0 Å². The van der Waals surface area contributed by atoms with Gasteiger partial charge < -0.3 is 19.9 Å². The molecule has 2 aromatic carbocycles. The smallest absolute Gasteiger partial charge is 0.338 e. The first-order chi connectivity index (χ1) is 13.1. The molecule has 1 fully saturated rings. The molecule has 1 aliphatic carbocycles. The molecule has 0 aliphatic heterocycles. The minimum absolute atomic E-state index is 0.0401. The number of carbonyl (C=O) groups is 1. The largest absolute Gasteiger partial charge is 0.493 e. The van der Waals surface area contributed by atoms with Crippen molar-refractivity contribution in [2.75, 3.05) is 18.9 Å². The molecule has 3 rings (SSSR count). The molecule has 0 saturated heterocycles. The van der Waals surface area contributed by atoms with Crippen LogP contribution < -0.4 is 15.2 Å². The van der Waals surface area contributed by atoms with Gasteiger partial charge in [0.2, 0.25) is 0 Å². The monoisotopic (exact) mass is 369 g/mol. The minimum atomic E-state index is -0.311. The zero-order valence-electron chi connectivity index (χ0n) is 15.8. The van der Waals surface area contributed by atoms with E-state index in [1.807, 2.05) is 31.2 Å². The second-order valence-electron chi connectivity index (χ2n) is 6.93. The zero-order valence-corrected chi connectivity index (χ0v) is 15.8. The number of nitrogen functional groups attached to an aromatic ring is 1. The van der Waals surface area contributed by atoms with Crippen LogP contribution in [0.5, 0.6) is 11.5 Å². The van der Waals surface area contributed by atoms with E-state index in [4.69, 9.17) is 19.9 Å². The first-order valence-corrected chi connectivity index (χ1v) is 9.54. The summed E-state index contributed by atoms with van der Waals surface area (Å²) in [5, 5.41) is 0. The molecule has 0 aromatic heterocycles. The first kappa shape index (κ1) is 19.1. The predicted octanol–water partition coefficient (Wildman–Crippen LogP) is 4.52. The average molecular weight is 369 g/mol. The summed E-state index contributed by atoms with van der Waals surface area (Å²) in [6.45, 7) is 3.04. The number of anilines is 1. The maximum atomic E-state index is 12.3. The van der Waals surface area contributed by atoms with E-state index in [1.165, 1.54) is 5.56 Å². The Morgan fingerprint density at radius 3 is 2.48 bits per heavy atom. The average Bonchev–Trinajstić information content (AvgIpc) is 3.17. The number of benzene rings is 2. The molecule has 5 heteroatoms. The molecule has 0 atom stereocenters. The maximum Gasteiger partial charge on any atom is 0.338 e. The van der Waals surface area contributed by atoms with E-state index in [1.54, 1.807) is 18.2 Å². The Labute approximate surface area is 160 Å².